The predicted molar refractivity (Wildman–Crippen MR) is 101 cm³/mol. The third-order valence-electron chi connectivity index (χ3n) is 5.04. The summed E-state index contributed by atoms with van der Waals surface area (Å²) in [7, 11) is -6.96. The van der Waals surface area contributed by atoms with E-state index >= 15 is 0 Å². The van der Waals surface area contributed by atoms with E-state index in [0.29, 0.717) is 5.69 Å². The predicted octanol–water partition coefficient (Wildman–Crippen LogP) is 0.284. The minimum atomic E-state index is -3.68. The average Bonchev–Trinajstić information content (AvgIpc) is 2.97. The van der Waals surface area contributed by atoms with Gasteiger partial charge in [-0.2, -0.15) is 9.40 Å². The first-order valence-corrected chi connectivity index (χ1v) is 11.9. The maximum atomic E-state index is 12.6. The van der Waals surface area contributed by atoms with Gasteiger partial charge in [-0.15, -0.1) is 0 Å². The van der Waals surface area contributed by atoms with E-state index < -0.39 is 25.1 Å². The number of hydrogen-bond donors (Lipinski definition) is 0. The molecular formula is C17H19N3O5S2. The molecule has 0 amide bonds. The zero-order valence-electron chi connectivity index (χ0n) is 14.4. The van der Waals surface area contributed by atoms with Crippen molar-refractivity contribution >= 4 is 19.9 Å². The highest BCUT2D eigenvalue weighted by Crippen LogP contribution is 2.29. The second-order valence-corrected chi connectivity index (χ2v) is 11.3. The number of hydrogen-bond acceptors (Lipinski definition) is 6. The Morgan fingerprint density at radius 2 is 1.74 bits per heavy atom. The molecule has 0 N–H and O–H groups in total. The Balaban J connectivity index is 1.52. The van der Waals surface area contributed by atoms with Gasteiger partial charge >= 0.3 is 0 Å². The summed E-state index contributed by atoms with van der Waals surface area (Å²) >= 11 is 0. The normalized spacial score (nSPS) is 23.2. The van der Waals surface area contributed by atoms with Crippen LogP contribution in [0.1, 0.15) is 12.5 Å². The van der Waals surface area contributed by atoms with Crippen LogP contribution in [-0.4, -0.2) is 60.8 Å². The van der Waals surface area contributed by atoms with Gasteiger partial charge in [-0.1, -0.05) is 30.3 Å². The van der Waals surface area contributed by atoms with Crippen molar-refractivity contribution in [1.29, 1.82) is 0 Å². The van der Waals surface area contributed by atoms with Crippen molar-refractivity contribution in [3.8, 4) is 11.3 Å². The van der Waals surface area contributed by atoms with Crippen molar-refractivity contribution in [3.63, 3.8) is 0 Å². The molecule has 0 unspecified atom stereocenters. The first-order chi connectivity index (χ1) is 12.8. The summed E-state index contributed by atoms with van der Waals surface area (Å²) in [6.45, 7) is 0.258. The standard InChI is InChI=1S/C17H19N3O5S2/c21-17-7-6-16(13-4-2-1-3-5-13)18-20(17)14-10-19(11-14)27(24,25)15-8-9-26(22,23)12-15/h1-7,14-15H,8-12H2/t15-/m0/s1. The van der Waals surface area contributed by atoms with Crippen LogP contribution in [0.15, 0.2) is 47.3 Å². The summed E-state index contributed by atoms with van der Waals surface area (Å²) in [5.41, 5.74) is 1.21. The van der Waals surface area contributed by atoms with Crippen LogP contribution in [0.3, 0.4) is 0 Å². The van der Waals surface area contributed by atoms with Gasteiger partial charge in [0.05, 0.1) is 28.5 Å². The van der Waals surface area contributed by atoms with Crippen LogP contribution >= 0.6 is 0 Å². The topological polar surface area (TPSA) is 106 Å². The minimum absolute atomic E-state index is 0.0890. The molecule has 1 atom stereocenters. The van der Waals surface area contributed by atoms with Gasteiger partial charge in [0, 0.05) is 24.7 Å². The maximum absolute atomic E-state index is 12.6. The van der Waals surface area contributed by atoms with Crippen LogP contribution in [0.4, 0.5) is 0 Å². The molecule has 3 heterocycles. The lowest BCUT2D eigenvalue weighted by molar-refractivity contribution is 0.184. The highest BCUT2D eigenvalue weighted by Gasteiger charge is 2.45. The smallest absolute Gasteiger partial charge is 0.267 e. The first kappa shape index (κ1) is 18.3. The number of benzene rings is 1. The van der Waals surface area contributed by atoms with E-state index in [0.717, 1.165) is 5.56 Å². The van der Waals surface area contributed by atoms with Crippen molar-refractivity contribution in [1.82, 2.24) is 14.1 Å². The molecule has 10 heteroatoms. The summed E-state index contributed by atoms with van der Waals surface area (Å²) in [6, 6.07) is 12.1. The number of rotatable bonds is 4. The van der Waals surface area contributed by atoms with E-state index in [2.05, 4.69) is 5.10 Å². The van der Waals surface area contributed by atoms with Crippen LogP contribution in [0, 0.1) is 0 Å². The summed E-state index contributed by atoms with van der Waals surface area (Å²) in [5.74, 6) is -0.410. The van der Waals surface area contributed by atoms with E-state index in [1.165, 1.54) is 15.1 Å². The lowest BCUT2D eigenvalue weighted by Crippen LogP contribution is -2.55. The lowest BCUT2D eigenvalue weighted by Gasteiger charge is -2.39. The van der Waals surface area contributed by atoms with Gasteiger partial charge in [0.15, 0.2) is 9.84 Å². The Morgan fingerprint density at radius 3 is 2.37 bits per heavy atom. The molecule has 0 saturated carbocycles. The van der Waals surface area contributed by atoms with Crippen LogP contribution in [0.25, 0.3) is 11.3 Å². The van der Waals surface area contributed by atoms with Gasteiger partial charge in [-0.3, -0.25) is 4.79 Å². The van der Waals surface area contributed by atoms with Gasteiger partial charge in [0.1, 0.15) is 0 Å². The number of sulfonamides is 1. The van der Waals surface area contributed by atoms with Crippen LogP contribution in [-0.2, 0) is 19.9 Å². The molecule has 0 spiro atoms. The Bertz CT molecular complexity index is 1120. The molecule has 2 fully saturated rings. The Hall–Kier alpha value is -2.04. The van der Waals surface area contributed by atoms with E-state index in [1.54, 1.807) is 6.07 Å². The van der Waals surface area contributed by atoms with Crippen molar-refractivity contribution in [3.05, 3.63) is 52.8 Å². The van der Waals surface area contributed by atoms with E-state index in [1.807, 2.05) is 30.3 Å². The first-order valence-electron chi connectivity index (χ1n) is 8.61. The molecule has 2 saturated heterocycles. The molecule has 27 heavy (non-hydrogen) atoms. The van der Waals surface area contributed by atoms with Gasteiger partial charge in [-0.25, -0.2) is 21.5 Å². The highest BCUT2D eigenvalue weighted by molar-refractivity contribution is 7.95. The third kappa shape index (κ3) is 3.44. The molecule has 1 aromatic carbocycles. The van der Waals surface area contributed by atoms with Gasteiger partial charge in [-0.05, 0) is 12.5 Å². The molecule has 0 radical (unpaired) electrons. The molecule has 1 aromatic heterocycles. The fourth-order valence-corrected chi connectivity index (χ4v) is 8.04. The molecule has 4 rings (SSSR count). The monoisotopic (exact) mass is 409 g/mol. The van der Waals surface area contributed by atoms with Gasteiger partial charge < -0.3 is 0 Å². The molecular weight excluding hydrogens is 390 g/mol. The number of nitrogens with zero attached hydrogens (tertiary/aromatic N) is 3. The molecule has 2 aliphatic rings. The summed E-state index contributed by atoms with van der Waals surface area (Å²) in [6.07, 6.45) is 0.132. The Kier molecular flexibility index (Phi) is 4.44. The van der Waals surface area contributed by atoms with E-state index in [9.17, 15) is 21.6 Å². The summed E-state index contributed by atoms with van der Waals surface area (Å²) in [5, 5.41) is 3.50. The zero-order valence-corrected chi connectivity index (χ0v) is 16.1. The maximum Gasteiger partial charge on any atom is 0.267 e. The quantitative estimate of drug-likeness (QED) is 0.718. The number of aromatic nitrogens is 2. The van der Waals surface area contributed by atoms with Crippen LogP contribution < -0.4 is 5.56 Å². The van der Waals surface area contributed by atoms with Crippen molar-refractivity contribution in [2.45, 2.75) is 17.7 Å². The molecule has 8 nitrogen and oxygen atoms in total. The van der Waals surface area contributed by atoms with Gasteiger partial charge in [0.25, 0.3) is 5.56 Å². The zero-order chi connectivity index (χ0) is 19.2. The van der Waals surface area contributed by atoms with Crippen molar-refractivity contribution < 1.29 is 16.8 Å². The molecule has 0 aliphatic carbocycles. The van der Waals surface area contributed by atoms with Crippen LogP contribution in [0.5, 0.6) is 0 Å². The Morgan fingerprint density at radius 1 is 1.04 bits per heavy atom. The summed E-state index contributed by atoms with van der Waals surface area (Å²) in [4.78, 5) is 12.2. The van der Waals surface area contributed by atoms with Crippen LogP contribution in [0.2, 0.25) is 0 Å². The van der Waals surface area contributed by atoms with E-state index in [4.69, 9.17) is 0 Å². The largest absolute Gasteiger partial charge is 0.268 e. The fraction of sp³-hybridized carbons (Fsp3) is 0.412. The highest BCUT2D eigenvalue weighted by atomic mass is 32.2. The van der Waals surface area contributed by atoms with Crippen molar-refractivity contribution in [2.75, 3.05) is 24.6 Å². The Labute approximate surface area is 157 Å². The molecule has 144 valence electrons. The van der Waals surface area contributed by atoms with Crippen molar-refractivity contribution in [2.24, 2.45) is 0 Å². The SMILES string of the molecule is O=c1ccc(-c2ccccc2)nn1C1CN(S(=O)(=O)[C@H]2CCS(=O)(=O)C2)C1. The fourth-order valence-electron chi connectivity index (χ4n) is 3.44. The minimum Gasteiger partial charge on any atom is -0.268 e. The second-order valence-electron chi connectivity index (χ2n) is 6.91. The third-order valence-corrected chi connectivity index (χ3v) is 9.28. The lowest BCUT2D eigenvalue weighted by atomic mass is 10.1. The molecule has 2 aliphatic heterocycles. The summed E-state index contributed by atoms with van der Waals surface area (Å²) < 4.78 is 51.0. The number of sulfone groups is 1. The second kappa shape index (κ2) is 6.54. The average molecular weight is 409 g/mol. The van der Waals surface area contributed by atoms with E-state index in [-0.39, 0.29) is 42.6 Å². The molecule has 2 aromatic rings. The van der Waals surface area contributed by atoms with Gasteiger partial charge in [0.2, 0.25) is 10.0 Å². The molecule has 0 bridgehead atoms.